The van der Waals surface area contributed by atoms with Gasteiger partial charge in [-0.05, 0) is 55.3 Å². The molecule has 0 radical (unpaired) electrons. The fourth-order valence-corrected chi connectivity index (χ4v) is 4.36. The Balaban J connectivity index is 1.41. The van der Waals surface area contributed by atoms with Crippen LogP contribution in [0.4, 0.5) is 0 Å². The van der Waals surface area contributed by atoms with E-state index in [4.69, 9.17) is 5.73 Å². The molecule has 1 amide bonds. The van der Waals surface area contributed by atoms with Gasteiger partial charge >= 0.3 is 0 Å². The first-order chi connectivity index (χ1) is 12.2. The summed E-state index contributed by atoms with van der Waals surface area (Å²) in [6, 6.07) is 4.47. The van der Waals surface area contributed by atoms with E-state index in [-0.39, 0.29) is 11.3 Å². The molecule has 138 valence electrons. The summed E-state index contributed by atoms with van der Waals surface area (Å²) in [5.41, 5.74) is 7.39. The second kappa shape index (κ2) is 8.77. The zero-order valence-electron chi connectivity index (χ0n) is 15.3. The van der Waals surface area contributed by atoms with E-state index in [9.17, 15) is 4.79 Å². The molecule has 5 heteroatoms. The van der Waals surface area contributed by atoms with Crippen LogP contribution in [-0.4, -0.2) is 41.5 Å². The Kier molecular flexibility index (Phi) is 6.43. The lowest BCUT2D eigenvalue weighted by atomic mass is 9.71. The molecule has 1 aliphatic carbocycles. The number of aromatic nitrogens is 1. The van der Waals surface area contributed by atoms with Crippen molar-refractivity contribution in [2.24, 2.45) is 11.1 Å². The van der Waals surface area contributed by atoms with Gasteiger partial charge in [-0.1, -0.05) is 19.3 Å². The van der Waals surface area contributed by atoms with Crippen LogP contribution in [0.25, 0.3) is 0 Å². The third-order valence-electron chi connectivity index (χ3n) is 5.99. The first-order valence-corrected chi connectivity index (χ1v) is 9.80. The first-order valence-electron chi connectivity index (χ1n) is 9.80. The van der Waals surface area contributed by atoms with Gasteiger partial charge in [0, 0.05) is 44.5 Å². The Labute approximate surface area is 151 Å². The SMILES string of the molecule is NCC1(CC(=O)NC2CCN(Cc3ccncc3)CC2)CCCCC1. The summed E-state index contributed by atoms with van der Waals surface area (Å²) in [6.45, 7) is 3.69. The topological polar surface area (TPSA) is 71.2 Å². The molecule has 1 aromatic heterocycles. The van der Waals surface area contributed by atoms with Crippen LogP contribution < -0.4 is 11.1 Å². The number of carbonyl (C=O) groups excluding carboxylic acids is 1. The molecule has 0 atom stereocenters. The monoisotopic (exact) mass is 344 g/mol. The summed E-state index contributed by atoms with van der Waals surface area (Å²) < 4.78 is 0. The highest BCUT2D eigenvalue weighted by Gasteiger charge is 2.33. The van der Waals surface area contributed by atoms with Gasteiger partial charge in [-0.15, -0.1) is 0 Å². The maximum Gasteiger partial charge on any atom is 0.220 e. The van der Waals surface area contributed by atoms with Gasteiger partial charge in [0.05, 0.1) is 0 Å². The van der Waals surface area contributed by atoms with Crippen molar-refractivity contribution in [3.05, 3.63) is 30.1 Å². The second-order valence-corrected chi connectivity index (χ2v) is 7.91. The van der Waals surface area contributed by atoms with Crippen LogP contribution >= 0.6 is 0 Å². The van der Waals surface area contributed by atoms with Gasteiger partial charge in [0.15, 0.2) is 0 Å². The zero-order valence-corrected chi connectivity index (χ0v) is 15.3. The van der Waals surface area contributed by atoms with Crippen molar-refractivity contribution in [1.82, 2.24) is 15.2 Å². The van der Waals surface area contributed by atoms with Crippen molar-refractivity contribution in [1.29, 1.82) is 0 Å². The van der Waals surface area contributed by atoms with E-state index in [0.717, 1.165) is 45.3 Å². The molecule has 3 N–H and O–H groups in total. The average molecular weight is 345 g/mol. The number of nitrogens with one attached hydrogen (secondary N) is 1. The van der Waals surface area contributed by atoms with Crippen LogP contribution in [0.1, 0.15) is 56.9 Å². The standard InChI is InChI=1S/C20H32N4O/c21-16-20(8-2-1-3-9-20)14-19(25)23-18-6-12-24(13-7-18)15-17-4-10-22-11-5-17/h4-5,10-11,18H,1-3,6-9,12-16,21H2,(H,23,25). The van der Waals surface area contributed by atoms with Crippen LogP contribution in [0.15, 0.2) is 24.5 Å². The molecule has 5 nitrogen and oxygen atoms in total. The van der Waals surface area contributed by atoms with Gasteiger partial charge in [-0.25, -0.2) is 0 Å². The molecule has 1 aromatic rings. The number of amides is 1. The molecule has 3 rings (SSSR count). The normalized spacial score (nSPS) is 21.8. The Bertz CT molecular complexity index is 534. The number of likely N-dealkylation sites (tertiary alicyclic amines) is 1. The predicted octanol–water partition coefficient (Wildman–Crippen LogP) is 2.46. The van der Waals surface area contributed by atoms with E-state index >= 15 is 0 Å². The van der Waals surface area contributed by atoms with Gasteiger partial charge in [-0.3, -0.25) is 14.7 Å². The molecule has 2 fully saturated rings. The number of pyridine rings is 1. The lowest BCUT2D eigenvalue weighted by Crippen LogP contribution is -2.46. The highest BCUT2D eigenvalue weighted by molar-refractivity contribution is 5.77. The Morgan fingerprint density at radius 3 is 2.52 bits per heavy atom. The quantitative estimate of drug-likeness (QED) is 0.831. The molecule has 0 aromatic carbocycles. The van der Waals surface area contributed by atoms with Crippen molar-refractivity contribution < 1.29 is 4.79 Å². The summed E-state index contributed by atoms with van der Waals surface area (Å²) in [6.07, 6.45) is 12.3. The molecule has 0 bridgehead atoms. The third-order valence-corrected chi connectivity index (χ3v) is 5.99. The summed E-state index contributed by atoms with van der Waals surface area (Å²) in [7, 11) is 0. The minimum atomic E-state index is 0.0599. The van der Waals surface area contributed by atoms with E-state index < -0.39 is 0 Å². The molecule has 2 aliphatic rings. The number of carbonyl (C=O) groups is 1. The van der Waals surface area contributed by atoms with Crippen LogP contribution in [0.2, 0.25) is 0 Å². The summed E-state index contributed by atoms with van der Waals surface area (Å²) in [4.78, 5) is 19.1. The minimum absolute atomic E-state index is 0.0599. The molecule has 1 saturated carbocycles. The number of nitrogens with zero attached hydrogens (tertiary/aromatic N) is 2. The fraction of sp³-hybridized carbons (Fsp3) is 0.700. The van der Waals surface area contributed by atoms with Gasteiger partial charge < -0.3 is 11.1 Å². The lowest BCUT2D eigenvalue weighted by Gasteiger charge is -2.37. The van der Waals surface area contributed by atoms with Crippen molar-refractivity contribution in [2.45, 2.75) is 64.0 Å². The summed E-state index contributed by atoms with van der Waals surface area (Å²) in [5, 5.41) is 3.28. The molecule has 1 saturated heterocycles. The average Bonchev–Trinajstić information content (AvgIpc) is 2.65. The maximum absolute atomic E-state index is 12.5. The number of rotatable bonds is 6. The molecule has 1 aliphatic heterocycles. The van der Waals surface area contributed by atoms with Crippen LogP contribution in [0, 0.1) is 5.41 Å². The largest absolute Gasteiger partial charge is 0.353 e. The molecular formula is C20H32N4O. The predicted molar refractivity (Wildman–Crippen MR) is 99.9 cm³/mol. The Morgan fingerprint density at radius 2 is 1.88 bits per heavy atom. The first kappa shape index (κ1) is 18.3. The van der Waals surface area contributed by atoms with Crippen LogP contribution in [-0.2, 0) is 11.3 Å². The van der Waals surface area contributed by atoms with Crippen molar-refractivity contribution in [2.75, 3.05) is 19.6 Å². The van der Waals surface area contributed by atoms with Crippen LogP contribution in [0.3, 0.4) is 0 Å². The van der Waals surface area contributed by atoms with E-state index in [0.29, 0.717) is 19.0 Å². The fourth-order valence-electron chi connectivity index (χ4n) is 4.36. The Morgan fingerprint density at radius 1 is 1.20 bits per heavy atom. The van der Waals surface area contributed by atoms with Crippen molar-refractivity contribution in [3.63, 3.8) is 0 Å². The van der Waals surface area contributed by atoms with E-state index in [1.807, 2.05) is 12.4 Å². The summed E-state index contributed by atoms with van der Waals surface area (Å²) >= 11 is 0. The van der Waals surface area contributed by atoms with Crippen molar-refractivity contribution in [3.8, 4) is 0 Å². The van der Waals surface area contributed by atoms with E-state index in [2.05, 4.69) is 27.3 Å². The smallest absolute Gasteiger partial charge is 0.220 e. The van der Waals surface area contributed by atoms with Gasteiger partial charge in [0.2, 0.25) is 5.91 Å². The van der Waals surface area contributed by atoms with Gasteiger partial charge in [-0.2, -0.15) is 0 Å². The number of piperidine rings is 1. The molecule has 25 heavy (non-hydrogen) atoms. The third kappa shape index (κ3) is 5.25. The second-order valence-electron chi connectivity index (χ2n) is 7.91. The summed E-state index contributed by atoms with van der Waals surface area (Å²) in [5.74, 6) is 0.208. The zero-order chi connectivity index (χ0) is 17.5. The van der Waals surface area contributed by atoms with Gasteiger partial charge in [0.25, 0.3) is 0 Å². The molecular weight excluding hydrogens is 312 g/mol. The number of hydrogen-bond donors (Lipinski definition) is 2. The number of nitrogens with two attached hydrogens (primary N) is 1. The molecule has 2 heterocycles. The minimum Gasteiger partial charge on any atom is -0.353 e. The lowest BCUT2D eigenvalue weighted by molar-refractivity contribution is -0.124. The van der Waals surface area contributed by atoms with E-state index in [1.165, 1.54) is 24.8 Å². The highest BCUT2D eigenvalue weighted by atomic mass is 16.1. The molecule has 0 unspecified atom stereocenters. The van der Waals surface area contributed by atoms with E-state index in [1.54, 1.807) is 0 Å². The highest BCUT2D eigenvalue weighted by Crippen LogP contribution is 2.38. The Hall–Kier alpha value is -1.46. The van der Waals surface area contributed by atoms with Gasteiger partial charge in [0.1, 0.15) is 0 Å². The molecule has 0 spiro atoms. The number of hydrogen-bond acceptors (Lipinski definition) is 4. The maximum atomic E-state index is 12.5. The van der Waals surface area contributed by atoms with Crippen molar-refractivity contribution >= 4 is 5.91 Å². The van der Waals surface area contributed by atoms with Crippen LogP contribution in [0.5, 0.6) is 0 Å².